The Hall–Kier alpha value is -0.390. The summed E-state index contributed by atoms with van der Waals surface area (Å²) in [5.41, 5.74) is 0.656. The van der Waals surface area contributed by atoms with E-state index in [4.69, 9.17) is 0 Å². The van der Waals surface area contributed by atoms with Crippen molar-refractivity contribution in [2.45, 2.75) is 13.3 Å². The second kappa shape index (κ2) is 7.84. The minimum absolute atomic E-state index is 0.0531. The van der Waals surface area contributed by atoms with Crippen molar-refractivity contribution >= 4 is 37.8 Å². The lowest BCUT2D eigenvalue weighted by Crippen LogP contribution is -2.32. The molecule has 0 aliphatic carbocycles. The van der Waals surface area contributed by atoms with Crippen molar-refractivity contribution in [3.63, 3.8) is 0 Å². The molecule has 1 amide bonds. The van der Waals surface area contributed by atoms with Gasteiger partial charge in [0.2, 0.25) is 0 Å². The number of carbonyl (C=O) groups excluding carboxylic acids is 1. The minimum Gasteiger partial charge on any atom is -0.351 e. The van der Waals surface area contributed by atoms with Gasteiger partial charge in [-0.3, -0.25) is 4.79 Å². The molecule has 0 radical (unpaired) electrons. The normalized spacial score (nSPS) is 10.3. The van der Waals surface area contributed by atoms with E-state index >= 15 is 0 Å². The number of carbonyl (C=O) groups is 1. The Balaban J connectivity index is 2.42. The zero-order chi connectivity index (χ0) is 12.7. The molecule has 5 heteroatoms. The predicted octanol–water partition coefficient (Wildman–Crippen LogP) is 2.94. The van der Waals surface area contributed by atoms with Crippen molar-refractivity contribution in [3.8, 4) is 0 Å². The Morgan fingerprint density at radius 1 is 1.24 bits per heavy atom. The monoisotopic (exact) mass is 362 g/mol. The smallest absolute Gasteiger partial charge is 0.252 e. The van der Waals surface area contributed by atoms with Crippen molar-refractivity contribution in [2.75, 3.05) is 19.6 Å². The van der Waals surface area contributed by atoms with Crippen LogP contribution in [0.3, 0.4) is 0 Å². The maximum absolute atomic E-state index is 11.8. The van der Waals surface area contributed by atoms with Crippen LogP contribution in [0.4, 0.5) is 0 Å². The van der Waals surface area contributed by atoms with Crippen molar-refractivity contribution in [1.82, 2.24) is 10.6 Å². The molecule has 0 aromatic heterocycles. The zero-order valence-corrected chi connectivity index (χ0v) is 12.9. The molecule has 0 saturated carbocycles. The molecule has 3 nitrogen and oxygen atoms in total. The highest BCUT2D eigenvalue weighted by molar-refractivity contribution is 9.11. The summed E-state index contributed by atoms with van der Waals surface area (Å²) in [4.78, 5) is 11.8. The van der Waals surface area contributed by atoms with Gasteiger partial charge in [0.15, 0.2) is 0 Å². The molecule has 0 fully saturated rings. The Kier molecular flexibility index (Phi) is 6.77. The Bertz CT molecular complexity index is 383. The Labute approximate surface area is 119 Å². The molecular weight excluding hydrogens is 348 g/mol. The summed E-state index contributed by atoms with van der Waals surface area (Å²) in [5.74, 6) is -0.0531. The minimum atomic E-state index is -0.0531. The van der Waals surface area contributed by atoms with Crippen molar-refractivity contribution < 1.29 is 4.79 Å². The van der Waals surface area contributed by atoms with Gasteiger partial charge in [0.1, 0.15) is 0 Å². The summed E-state index contributed by atoms with van der Waals surface area (Å²) >= 11 is 6.73. The van der Waals surface area contributed by atoms with E-state index in [2.05, 4.69) is 49.4 Å². The van der Waals surface area contributed by atoms with Gasteiger partial charge in [-0.15, -0.1) is 0 Å². The van der Waals surface area contributed by atoms with E-state index in [9.17, 15) is 4.79 Å². The van der Waals surface area contributed by atoms with Gasteiger partial charge in [0.05, 0.1) is 5.56 Å². The van der Waals surface area contributed by atoms with Gasteiger partial charge < -0.3 is 10.6 Å². The highest BCUT2D eigenvalue weighted by Gasteiger charge is 2.08. The van der Waals surface area contributed by atoms with Crippen LogP contribution in [0.5, 0.6) is 0 Å². The molecule has 0 aliphatic rings. The molecule has 2 N–H and O–H groups in total. The average molecular weight is 364 g/mol. The molecule has 0 unspecified atom stereocenters. The Morgan fingerprint density at radius 2 is 2.00 bits per heavy atom. The van der Waals surface area contributed by atoms with E-state index in [1.165, 1.54) is 0 Å². The third-order valence-corrected chi connectivity index (χ3v) is 3.34. The van der Waals surface area contributed by atoms with Crippen molar-refractivity contribution in [3.05, 3.63) is 32.7 Å². The lowest BCUT2D eigenvalue weighted by Gasteiger charge is -2.07. The van der Waals surface area contributed by atoms with E-state index in [-0.39, 0.29) is 5.91 Å². The van der Waals surface area contributed by atoms with Gasteiger partial charge in [0.25, 0.3) is 5.91 Å². The van der Waals surface area contributed by atoms with Crippen molar-refractivity contribution in [2.24, 2.45) is 0 Å². The number of halogens is 2. The maximum Gasteiger partial charge on any atom is 0.252 e. The van der Waals surface area contributed by atoms with Gasteiger partial charge in [-0.1, -0.05) is 22.9 Å². The molecule has 0 spiro atoms. The van der Waals surface area contributed by atoms with Gasteiger partial charge in [0, 0.05) is 22.0 Å². The van der Waals surface area contributed by atoms with Gasteiger partial charge >= 0.3 is 0 Å². The van der Waals surface area contributed by atoms with E-state index in [1.807, 2.05) is 12.1 Å². The largest absolute Gasteiger partial charge is 0.351 e. The molecule has 1 aromatic carbocycles. The van der Waals surface area contributed by atoms with E-state index < -0.39 is 0 Å². The maximum atomic E-state index is 11.8. The predicted molar refractivity (Wildman–Crippen MR) is 77.3 cm³/mol. The highest BCUT2D eigenvalue weighted by atomic mass is 79.9. The van der Waals surface area contributed by atoms with Crippen LogP contribution in [-0.2, 0) is 0 Å². The molecule has 17 heavy (non-hydrogen) atoms. The van der Waals surface area contributed by atoms with Crippen LogP contribution >= 0.6 is 31.9 Å². The second-order valence-electron chi connectivity index (χ2n) is 3.63. The molecule has 0 atom stereocenters. The fourth-order valence-corrected chi connectivity index (χ4v) is 2.56. The molecule has 0 bridgehead atoms. The lowest BCUT2D eigenvalue weighted by molar-refractivity contribution is 0.0953. The summed E-state index contributed by atoms with van der Waals surface area (Å²) in [7, 11) is 0. The van der Waals surface area contributed by atoms with Gasteiger partial charge in [-0.05, 0) is 47.1 Å². The molecule has 0 saturated heterocycles. The summed E-state index contributed by atoms with van der Waals surface area (Å²) in [5, 5.41) is 6.10. The Morgan fingerprint density at radius 3 is 2.65 bits per heavy atom. The second-order valence-corrected chi connectivity index (χ2v) is 5.40. The summed E-state index contributed by atoms with van der Waals surface area (Å²) < 4.78 is 1.75. The number of rotatable bonds is 6. The summed E-state index contributed by atoms with van der Waals surface area (Å²) in [6, 6.07) is 5.52. The van der Waals surface area contributed by atoms with Crippen LogP contribution in [0.15, 0.2) is 27.1 Å². The first kappa shape index (κ1) is 14.7. The molecule has 0 heterocycles. The molecule has 94 valence electrons. The SMILES string of the molecule is CCCNCCNC(=O)c1ccc(Br)cc1Br. The fraction of sp³-hybridized carbons (Fsp3) is 0.417. The molecular formula is C12H16Br2N2O. The van der Waals surface area contributed by atoms with E-state index in [0.29, 0.717) is 12.1 Å². The number of hydrogen-bond acceptors (Lipinski definition) is 2. The topological polar surface area (TPSA) is 41.1 Å². The van der Waals surface area contributed by atoms with Crippen LogP contribution in [0.2, 0.25) is 0 Å². The standard InChI is InChI=1S/C12H16Br2N2O/c1-2-5-15-6-7-16-12(17)10-4-3-9(13)8-11(10)14/h3-4,8,15H,2,5-7H2,1H3,(H,16,17). The number of amides is 1. The van der Waals surface area contributed by atoms with Crippen LogP contribution in [0.25, 0.3) is 0 Å². The first-order valence-corrected chi connectivity index (χ1v) is 7.17. The van der Waals surface area contributed by atoms with E-state index in [0.717, 1.165) is 28.5 Å². The molecule has 1 aromatic rings. The zero-order valence-electron chi connectivity index (χ0n) is 9.72. The van der Waals surface area contributed by atoms with Gasteiger partial charge in [-0.25, -0.2) is 0 Å². The molecule has 1 rings (SSSR count). The van der Waals surface area contributed by atoms with Gasteiger partial charge in [-0.2, -0.15) is 0 Å². The first-order valence-electron chi connectivity index (χ1n) is 5.59. The lowest BCUT2D eigenvalue weighted by atomic mass is 10.2. The average Bonchev–Trinajstić information content (AvgIpc) is 2.28. The van der Waals surface area contributed by atoms with Crippen LogP contribution in [0.1, 0.15) is 23.7 Å². The summed E-state index contributed by atoms with van der Waals surface area (Å²) in [6.45, 7) is 4.54. The third kappa shape index (κ3) is 5.19. The van der Waals surface area contributed by atoms with Crippen LogP contribution in [-0.4, -0.2) is 25.5 Å². The van der Waals surface area contributed by atoms with E-state index in [1.54, 1.807) is 6.07 Å². The molecule has 0 aliphatic heterocycles. The highest BCUT2D eigenvalue weighted by Crippen LogP contribution is 2.21. The number of hydrogen-bond donors (Lipinski definition) is 2. The number of benzene rings is 1. The number of nitrogens with one attached hydrogen (secondary N) is 2. The first-order chi connectivity index (χ1) is 8.15. The summed E-state index contributed by atoms with van der Waals surface area (Å²) in [6.07, 6.45) is 1.10. The fourth-order valence-electron chi connectivity index (χ4n) is 1.34. The van der Waals surface area contributed by atoms with Crippen molar-refractivity contribution in [1.29, 1.82) is 0 Å². The van der Waals surface area contributed by atoms with Crippen LogP contribution in [0, 0.1) is 0 Å². The third-order valence-electron chi connectivity index (χ3n) is 2.19. The quantitative estimate of drug-likeness (QED) is 0.763. The van der Waals surface area contributed by atoms with Crippen LogP contribution < -0.4 is 10.6 Å².